The minimum atomic E-state index is 0.154. The number of anilines is 1. The zero-order valence-corrected chi connectivity index (χ0v) is 21.3. The summed E-state index contributed by atoms with van der Waals surface area (Å²) >= 11 is 1.75. The summed E-state index contributed by atoms with van der Waals surface area (Å²) in [7, 11) is 0. The van der Waals surface area contributed by atoms with Crippen molar-refractivity contribution in [3.05, 3.63) is 41.6 Å². The monoisotopic (exact) mass is 485 g/mol. The molecule has 3 heterocycles. The first-order chi connectivity index (χ1) is 16.6. The Bertz CT molecular complexity index is 1010. The van der Waals surface area contributed by atoms with Crippen molar-refractivity contribution in [1.29, 1.82) is 0 Å². The second kappa shape index (κ2) is 13.1. The standard InChI is InChI=1S/C24H35N7O2S/c1-5-8-11-27-28-31(12-6-2)33-17-9-10-21(32)29-13-15-30(16-14-29)23-22-19(4)20(7-3)34-24(22)26-18-25-23/h5-6,8,18H,2,7,9-17H2,1,3-4H3/b8-5-,28-27?. The average molecular weight is 486 g/mol. The van der Waals surface area contributed by atoms with E-state index < -0.39 is 0 Å². The molecule has 9 nitrogen and oxygen atoms in total. The van der Waals surface area contributed by atoms with Crippen LogP contribution in [0.3, 0.4) is 0 Å². The fourth-order valence-electron chi connectivity index (χ4n) is 3.88. The van der Waals surface area contributed by atoms with E-state index in [9.17, 15) is 4.79 Å². The molecule has 0 aliphatic carbocycles. The summed E-state index contributed by atoms with van der Waals surface area (Å²) in [4.78, 5) is 34.0. The van der Waals surface area contributed by atoms with Gasteiger partial charge in [-0.3, -0.25) is 9.63 Å². The molecule has 1 aliphatic rings. The Kier molecular flexibility index (Phi) is 9.96. The van der Waals surface area contributed by atoms with Crippen molar-refractivity contribution in [2.45, 2.75) is 40.0 Å². The Morgan fingerprint density at radius 1 is 1.32 bits per heavy atom. The van der Waals surface area contributed by atoms with Crippen molar-refractivity contribution < 1.29 is 9.63 Å². The van der Waals surface area contributed by atoms with E-state index >= 15 is 0 Å². The second-order valence-corrected chi connectivity index (χ2v) is 9.08. The third-order valence-electron chi connectivity index (χ3n) is 5.70. The summed E-state index contributed by atoms with van der Waals surface area (Å²) < 4.78 is 0. The predicted octanol–water partition coefficient (Wildman–Crippen LogP) is 4.35. The number of thiophene rings is 1. The number of piperazine rings is 1. The van der Waals surface area contributed by atoms with Gasteiger partial charge in [0.15, 0.2) is 0 Å². The number of hydroxylamine groups is 1. The van der Waals surface area contributed by atoms with E-state index in [2.05, 4.69) is 45.6 Å². The highest BCUT2D eigenvalue weighted by Crippen LogP contribution is 2.35. The molecule has 0 unspecified atom stereocenters. The molecule has 1 fully saturated rings. The SMILES string of the molecule is C=CCN(N=NC/C=C\C)OCCCC(=O)N1CCN(c2ncnc3sc(CC)c(C)c23)CC1. The maximum Gasteiger partial charge on any atom is 0.222 e. The molecule has 2 aromatic rings. The van der Waals surface area contributed by atoms with Gasteiger partial charge >= 0.3 is 0 Å². The molecule has 0 aromatic carbocycles. The van der Waals surface area contributed by atoms with Crippen molar-refractivity contribution in [3.63, 3.8) is 0 Å². The molecule has 34 heavy (non-hydrogen) atoms. The minimum absolute atomic E-state index is 0.154. The summed E-state index contributed by atoms with van der Waals surface area (Å²) in [5.41, 5.74) is 1.28. The van der Waals surface area contributed by atoms with E-state index in [0.29, 0.717) is 45.6 Å². The third-order valence-corrected chi connectivity index (χ3v) is 7.05. The Morgan fingerprint density at radius 2 is 2.12 bits per heavy atom. The Labute approximate surface area is 205 Å². The summed E-state index contributed by atoms with van der Waals surface area (Å²) in [6.45, 7) is 14.2. The Morgan fingerprint density at radius 3 is 2.82 bits per heavy atom. The van der Waals surface area contributed by atoms with Gasteiger partial charge < -0.3 is 9.80 Å². The largest absolute Gasteiger partial charge is 0.352 e. The first-order valence-electron chi connectivity index (χ1n) is 11.8. The van der Waals surface area contributed by atoms with Crippen LogP contribution < -0.4 is 4.90 Å². The van der Waals surface area contributed by atoms with Gasteiger partial charge in [-0.05, 0) is 37.5 Å². The molecule has 0 radical (unpaired) electrons. The van der Waals surface area contributed by atoms with Crippen molar-refractivity contribution in [2.24, 2.45) is 10.3 Å². The molecular formula is C24H35N7O2S. The van der Waals surface area contributed by atoms with Crippen molar-refractivity contribution in [3.8, 4) is 0 Å². The van der Waals surface area contributed by atoms with E-state index in [4.69, 9.17) is 4.84 Å². The molecule has 0 saturated carbocycles. The van der Waals surface area contributed by atoms with Gasteiger partial charge in [0.05, 0.1) is 25.1 Å². The van der Waals surface area contributed by atoms with Crippen LogP contribution in [0.5, 0.6) is 0 Å². The fourth-order valence-corrected chi connectivity index (χ4v) is 4.96. The van der Waals surface area contributed by atoms with Crippen LogP contribution in [0, 0.1) is 6.92 Å². The summed E-state index contributed by atoms with van der Waals surface area (Å²) in [6, 6.07) is 0. The minimum Gasteiger partial charge on any atom is -0.352 e. The topological polar surface area (TPSA) is 86.5 Å². The molecule has 1 amide bonds. The van der Waals surface area contributed by atoms with Gasteiger partial charge in [0.25, 0.3) is 0 Å². The van der Waals surface area contributed by atoms with E-state index in [0.717, 1.165) is 35.5 Å². The molecule has 10 heteroatoms. The van der Waals surface area contributed by atoms with Crippen LogP contribution in [0.1, 0.15) is 37.1 Å². The average Bonchev–Trinajstić information content (AvgIpc) is 3.20. The quantitative estimate of drug-likeness (QED) is 0.192. The number of carbonyl (C=O) groups is 1. The lowest BCUT2D eigenvalue weighted by Gasteiger charge is -2.35. The zero-order chi connectivity index (χ0) is 24.3. The lowest BCUT2D eigenvalue weighted by molar-refractivity contribution is -0.160. The predicted molar refractivity (Wildman–Crippen MR) is 137 cm³/mol. The highest BCUT2D eigenvalue weighted by atomic mass is 32.1. The van der Waals surface area contributed by atoms with Gasteiger partial charge in [0.1, 0.15) is 17.0 Å². The maximum atomic E-state index is 12.7. The summed E-state index contributed by atoms with van der Waals surface area (Å²) in [5.74, 6) is 1.14. The molecule has 2 aromatic heterocycles. The van der Waals surface area contributed by atoms with Gasteiger partial charge in [-0.15, -0.1) is 17.9 Å². The first kappa shape index (κ1) is 25.8. The lowest BCUT2D eigenvalue weighted by atomic mass is 10.1. The number of aryl methyl sites for hydroxylation is 2. The summed E-state index contributed by atoms with van der Waals surface area (Å²) in [6.07, 6.45) is 9.25. The fraction of sp³-hybridized carbons (Fsp3) is 0.542. The molecule has 0 bridgehead atoms. The lowest BCUT2D eigenvalue weighted by Crippen LogP contribution is -2.49. The number of nitrogens with zero attached hydrogens (tertiary/aromatic N) is 7. The van der Waals surface area contributed by atoms with Crippen LogP contribution in [0.25, 0.3) is 10.2 Å². The van der Waals surface area contributed by atoms with E-state index in [1.165, 1.54) is 15.6 Å². The van der Waals surface area contributed by atoms with Crippen LogP contribution in [-0.2, 0) is 16.1 Å². The molecule has 0 N–H and O–H groups in total. The van der Waals surface area contributed by atoms with Crippen LogP contribution in [0.2, 0.25) is 0 Å². The van der Waals surface area contributed by atoms with Crippen molar-refractivity contribution in [1.82, 2.24) is 20.0 Å². The van der Waals surface area contributed by atoms with Crippen LogP contribution in [0.4, 0.5) is 5.82 Å². The number of aromatic nitrogens is 2. The molecule has 1 aliphatic heterocycles. The maximum absolute atomic E-state index is 12.7. The zero-order valence-electron chi connectivity index (χ0n) is 20.4. The normalized spacial score (nSPS) is 14.6. The Balaban J connectivity index is 1.46. The molecule has 3 rings (SSSR count). The Hall–Kier alpha value is -2.85. The van der Waals surface area contributed by atoms with Gasteiger partial charge in [-0.2, -0.15) is 10.3 Å². The first-order valence-corrected chi connectivity index (χ1v) is 12.7. The highest BCUT2D eigenvalue weighted by molar-refractivity contribution is 7.18. The molecule has 0 atom stereocenters. The number of allylic oxidation sites excluding steroid dienone is 1. The smallest absolute Gasteiger partial charge is 0.222 e. The van der Waals surface area contributed by atoms with Crippen LogP contribution >= 0.6 is 11.3 Å². The third kappa shape index (κ3) is 6.60. The molecular weight excluding hydrogens is 450 g/mol. The molecule has 184 valence electrons. The number of carbonyl (C=O) groups excluding carboxylic acids is 1. The van der Waals surface area contributed by atoms with Gasteiger partial charge in [-0.25, -0.2) is 9.97 Å². The number of hydrogen-bond acceptors (Lipinski definition) is 8. The van der Waals surface area contributed by atoms with Crippen molar-refractivity contribution in [2.75, 3.05) is 50.8 Å². The number of amides is 1. The van der Waals surface area contributed by atoms with E-state index in [1.54, 1.807) is 23.7 Å². The van der Waals surface area contributed by atoms with Crippen LogP contribution in [-0.4, -0.2) is 71.8 Å². The van der Waals surface area contributed by atoms with Gasteiger partial charge in [-0.1, -0.05) is 25.2 Å². The van der Waals surface area contributed by atoms with Gasteiger partial charge in [0.2, 0.25) is 5.91 Å². The van der Waals surface area contributed by atoms with E-state index in [1.807, 2.05) is 24.0 Å². The second-order valence-electron chi connectivity index (χ2n) is 7.99. The van der Waals surface area contributed by atoms with Gasteiger partial charge in [0, 0.05) is 37.5 Å². The number of rotatable bonds is 12. The van der Waals surface area contributed by atoms with Crippen LogP contribution in [0.15, 0.2) is 41.5 Å². The highest BCUT2D eigenvalue weighted by Gasteiger charge is 2.24. The molecule has 1 saturated heterocycles. The summed E-state index contributed by atoms with van der Waals surface area (Å²) in [5, 5.41) is 10.6. The number of fused-ring (bicyclic) bond motifs is 1. The van der Waals surface area contributed by atoms with E-state index in [-0.39, 0.29) is 5.91 Å². The number of hydrogen-bond donors (Lipinski definition) is 0. The van der Waals surface area contributed by atoms with Crippen molar-refractivity contribution >= 4 is 33.3 Å². The molecule has 0 spiro atoms.